The largest absolute Gasteiger partial charge is 2.00 e. The first-order valence-corrected chi connectivity index (χ1v) is 1.89. The van der Waals surface area contributed by atoms with E-state index in [9.17, 15) is 0 Å². The second-order valence-electron chi connectivity index (χ2n) is 0.986. The minimum atomic E-state index is 0. The van der Waals surface area contributed by atoms with Crippen molar-refractivity contribution in [2.24, 2.45) is 0 Å². The third-order valence-corrected chi connectivity index (χ3v) is 0.492. The molecular formula is C4H10Cl2O2Zn. The molecule has 0 aliphatic heterocycles. The number of halogens is 2. The van der Waals surface area contributed by atoms with Gasteiger partial charge in [0.05, 0.1) is 13.2 Å². The summed E-state index contributed by atoms with van der Waals surface area (Å²) in [5.41, 5.74) is 0. The summed E-state index contributed by atoms with van der Waals surface area (Å²) in [7, 11) is 3.30. The molecule has 0 saturated heterocycles. The monoisotopic (exact) mass is 224 g/mol. The van der Waals surface area contributed by atoms with Gasteiger partial charge < -0.3 is 34.3 Å². The molecule has 0 amide bonds. The Kier molecular flexibility index (Phi) is 57.3. The van der Waals surface area contributed by atoms with Gasteiger partial charge in [-0.2, -0.15) is 0 Å². The molecule has 5 heteroatoms. The summed E-state index contributed by atoms with van der Waals surface area (Å²) in [6.07, 6.45) is 0. The summed E-state index contributed by atoms with van der Waals surface area (Å²) in [6, 6.07) is 0. The zero-order valence-corrected chi connectivity index (χ0v) is 10.2. The van der Waals surface area contributed by atoms with E-state index in [1.165, 1.54) is 0 Å². The fraction of sp³-hybridized carbons (Fsp3) is 1.00. The Balaban J connectivity index is -0.0000000417. The first kappa shape index (κ1) is 22.5. The summed E-state index contributed by atoms with van der Waals surface area (Å²) < 4.78 is 9.31. The van der Waals surface area contributed by atoms with Crippen molar-refractivity contribution in [3.63, 3.8) is 0 Å². The van der Waals surface area contributed by atoms with Crippen LogP contribution in [0.5, 0.6) is 0 Å². The van der Waals surface area contributed by atoms with Crippen molar-refractivity contribution in [1.29, 1.82) is 0 Å². The molecule has 0 bridgehead atoms. The molecule has 9 heavy (non-hydrogen) atoms. The number of hydrogen-bond donors (Lipinski definition) is 0. The van der Waals surface area contributed by atoms with Gasteiger partial charge in [-0.15, -0.1) is 0 Å². The van der Waals surface area contributed by atoms with Crippen molar-refractivity contribution >= 4 is 0 Å². The quantitative estimate of drug-likeness (QED) is 0.353. The smallest absolute Gasteiger partial charge is 1.00 e. The van der Waals surface area contributed by atoms with Gasteiger partial charge in [0.25, 0.3) is 0 Å². The zero-order chi connectivity index (χ0) is 4.83. The van der Waals surface area contributed by atoms with Gasteiger partial charge >= 0.3 is 19.5 Å². The fourth-order valence-electron chi connectivity index (χ4n) is 0.167. The third kappa shape index (κ3) is 27.2. The van der Waals surface area contributed by atoms with E-state index >= 15 is 0 Å². The fourth-order valence-corrected chi connectivity index (χ4v) is 0.167. The second kappa shape index (κ2) is 22.9. The molecule has 0 radical (unpaired) electrons. The van der Waals surface area contributed by atoms with Gasteiger partial charge in [0, 0.05) is 14.2 Å². The van der Waals surface area contributed by atoms with E-state index in [2.05, 4.69) is 9.47 Å². The molecule has 0 saturated carbocycles. The molecule has 0 heterocycles. The minimum absolute atomic E-state index is 0. The predicted molar refractivity (Wildman–Crippen MR) is 23.8 cm³/mol. The van der Waals surface area contributed by atoms with Crippen LogP contribution in [-0.2, 0) is 29.0 Å². The molecule has 0 aromatic carbocycles. The van der Waals surface area contributed by atoms with Crippen molar-refractivity contribution in [3.8, 4) is 0 Å². The average Bonchev–Trinajstić information content (AvgIpc) is 1.61. The van der Waals surface area contributed by atoms with Crippen molar-refractivity contribution in [1.82, 2.24) is 0 Å². The first-order valence-electron chi connectivity index (χ1n) is 1.89. The van der Waals surface area contributed by atoms with Crippen LogP contribution in [0.1, 0.15) is 0 Å². The number of ether oxygens (including phenoxy) is 2. The van der Waals surface area contributed by atoms with E-state index in [0.717, 1.165) is 0 Å². The van der Waals surface area contributed by atoms with Crippen LogP contribution in [0.2, 0.25) is 0 Å². The SMILES string of the molecule is COCCOC.[Cl-].[Cl-].[Zn+2]. The van der Waals surface area contributed by atoms with Gasteiger partial charge in [0.1, 0.15) is 0 Å². The van der Waals surface area contributed by atoms with Gasteiger partial charge in [0.2, 0.25) is 0 Å². The normalized spacial score (nSPS) is 6.00. The topological polar surface area (TPSA) is 18.5 Å². The molecule has 2 nitrogen and oxygen atoms in total. The molecule has 0 aliphatic rings. The van der Waals surface area contributed by atoms with Crippen LogP contribution in [0.4, 0.5) is 0 Å². The Bertz CT molecular complexity index is 28.5. The number of rotatable bonds is 3. The maximum atomic E-state index is 4.66. The Morgan fingerprint density at radius 3 is 1.22 bits per heavy atom. The Labute approximate surface area is 81.3 Å². The van der Waals surface area contributed by atoms with Gasteiger partial charge in [-0.25, -0.2) is 0 Å². The molecule has 0 spiro atoms. The van der Waals surface area contributed by atoms with Gasteiger partial charge in [-0.05, 0) is 0 Å². The summed E-state index contributed by atoms with van der Waals surface area (Å²) in [4.78, 5) is 0. The molecule has 0 aliphatic carbocycles. The zero-order valence-electron chi connectivity index (χ0n) is 5.69. The maximum absolute atomic E-state index is 4.66. The Morgan fingerprint density at radius 1 is 0.889 bits per heavy atom. The molecule has 0 aromatic rings. The molecule has 0 unspecified atom stereocenters. The Hall–Kier alpha value is 1.12. The summed E-state index contributed by atoms with van der Waals surface area (Å²) in [6.45, 7) is 1.38. The molecule has 0 N–H and O–H groups in total. The second-order valence-corrected chi connectivity index (χ2v) is 0.986. The van der Waals surface area contributed by atoms with Crippen molar-refractivity contribution in [2.75, 3.05) is 27.4 Å². The summed E-state index contributed by atoms with van der Waals surface area (Å²) >= 11 is 0. The molecule has 0 aromatic heterocycles. The van der Waals surface area contributed by atoms with Crippen LogP contribution >= 0.6 is 0 Å². The Morgan fingerprint density at radius 2 is 1.11 bits per heavy atom. The van der Waals surface area contributed by atoms with Gasteiger partial charge in [-0.1, -0.05) is 0 Å². The molecule has 0 fully saturated rings. The van der Waals surface area contributed by atoms with Crippen LogP contribution in [0.3, 0.4) is 0 Å². The van der Waals surface area contributed by atoms with E-state index in [-0.39, 0.29) is 44.3 Å². The van der Waals surface area contributed by atoms with E-state index in [1.54, 1.807) is 14.2 Å². The van der Waals surface area contributed by atoms with Crippen LogP contribution in [0, 0.1) is 0 Å². The van der Waals surface area contributed by atoms with Gasteiger partial charge in [-0.3, -0.25) is 0 Å². The van der Waals surface area contributed by atoms with Crippen LogP contribution in [0.15, 0.2) is 0 Å². The molecular weight excluding hydrogens is 216 g/mol. The first-order chi connectivity index (χ1) is 2.91. The van der Waals surface area contributed by atoms with Crippen LogP contribution in [-0.4, -0.2) is 27.4 Å². The minimum Gasteiger partial charge on any atom is -1.00 e. The van der Waals surface area contributed by atoms with E-state index in [4.69, 9.17) is 0 Å². The summed E-state index contributed by atoms with van der Waals surface area (Å²) in [5, 5.41) is 0. The van der Waals surface area contributed by atoms with Crippen molar-refractivity contribution < 1.29 is 53.8 Å². The molecule has 0 atom stereocenters. The van der Waals surface area contributed by atoms with Crippen molar-refractivity contribution in [2.45, 2.75) is 0 Å². The third-order valence-electron chi connectivity index (χ3n) is 0.492. The van der Waals surface area contributed by atoms with Crippen LogP contribution < -0.4 is 24.8 Å². The van der Waals surface area contributed by atoms with Crippen LogP contribution in [0.25, 0.3) is 0 Å². The standard InChI is InChI=1S/C4H10O2.2ClH.Zn/c1-5-3-4-6-2;;;/h3-4H2,1-2H3;2*1H;/q;;;+2/p-2. The molecule has 54 valence electrons. The molecule has 0 rings (SSSR count). The average molecular weight is 226 g/mol. The van der Waals surface area contributed by atoms with E-state index < -0.39 is 0 Å². The van der Waals surface area contributed by atoms with E-state index in [1.807, 2.05) is 0 Å². The predicted octanol–water partition coefficient (Wildman–Crippen LogP) is -5.72. The number of methoxy groups -OCH3 is 2. The van der Waals surface area contributed by atoms with Gasteiger partial charge in [0.15, 0.2) is 0 Å². The van der Waals surface area contributed by atoms with Crippen molar-refractivity contribution in [3.05, 3.63) is 0 Å². The maximum Gasteiger partial charge on any atom is 2.00 e. The van der Waals surface area contributed by atoms with E-state index in [0.29, 0.717) is 13.2 Å². The number of hydrogen-bond acceptors (Lipinski definition) is 2. The summed E-state index contributed by atoms with van der Waals surface area (Å²) in [5.74, 6) is 0.